The number of nitrogens with zero attached hydrogens (tertiary/aromatic N) is 3. The summed E-state index contributed by atoms with van der Waals surface area (Å²) in [4.78, 5) is 33.5. The van der Waals surface area contributed by atoms with Crippen molar-refractivity contribution in [2.24, 2.45) is 0 Å². The summed E-state index contributed by atoms with van der Waals surface area (Å²) in [6.07, 6.45) is 1.55. The molecular weight excluding hydrogens is 350 g/mol. The third kappa shape index (κ3) is 3.73. The van der Waals surface area contributed by atoms with Crippen molar-refractivity contribution in [1.29, 1.82) is 0 Å². The number of piperazine rings is 1. The zero-order valence-corrected chi connectivity index (χ0v) is 15.9. The Morgan fingerprint density at radius 3 is 2.42 bits per heavy atom. The number of carbonyl (C=O) groups excluding carboxylic acids is 2. The van der Waals surface area contributed by atoms with Gasteiger partial charge in [-0.1, -0.05) is 41.4 Å². The Hall–Kier alpha value is -2.40. The number of aromatic nitrogens is 1. The van der Waals surface area contributed by atoms with Gasteiger partial charge in [-0.25, -0.2) is 0 Å². The molecule has 136 valence electrons. The van der Waals surface area contributed by atoms with Gasteiger partial charge in [0.2, 0.25) is 5.91 Å². The fraction of sp³-hybridized carbons (Fsp3) is 0.350. The molecule has 3 rings (SSSR count). The van der Waals surface area contributed by atoms with Crippen molar-refractivity contribution in [2.75, 3.05) is 6.54 Å². The molecule has 0 spiro atoms. The fourth-order valence-electron chi connectivity index (χ4n) is 3.11. The zero-order chi connectivity index (χ0) is 18.8. The lowest BCUT2D eigenvalue weighted by Gasteiger charge is -2.42. The van der Waals surface area contributed by atoms with E-state index in [2.05, 4.69) is 4.98 Å². The van der Waals surface area contributed by atoms with Crippen LogP contribution < -0.4 is 0 Å². The van der Waals surface area contributed by atoms with Crippen LogP contribution in [-0.4, -0.2) is 39.2 Å². The number of hydrogen-bond acceptors (Lipinski definition) is 3. The predicted molar refractivity (Wildman–Crippen MR) is 101 cm³/mol. The highest BCUT2D eigenvalue weighted by molar-refractivity contribution is 6.30. The number of carbonyl (C=O) groups is 2. The summed E-state index contributed by atoms with van der Waals surface area (Å²) in [7, 11) is 0. The number of rotatable bonds is 4. The first kappa shape index (κ1) is 18.4. The average Bonchev–Trinajstić information content (AvgIpc) is 2.61. The maximum atomic E-state index is 13.1. The Morgan fingerprint density at radius 2 is 1.85 bits per heavy atom. The molecule has 26 heavy (non-hydrogen) atoms. The minimum absolute atomic E-state index is 0.0322. The largest absolute Gasteiger partial charge is 0.329 e. The first-order valence-corrected chi connectivity index (χ1v) is 9.01. The van der Waals surface area contributed by atoms with Crippen LogP contribution in [0, 0.1) is 6.92 Å². The summed E-state index contributed by atoms with van der Waals surface area (Å²) in [5, 5.41) is 0.538. The Kier molecular flexibility index (Phi) is 5.28. The lowest BCUT2D eigenvalue weighted by Crippen LogP contribution is -2.57. The van der Waals surface area contributed by atoms with Gasteiger partial charge in [-0.15, -0.1) is 0 Å². The highest BCUT2D eigenvalue weighted by atomic mass is 35.5. The molecule has 1 saturated heterocycles. The standard InChI is InChI=1S/C20H22ClN3O2/c1-13(2)23-12-18(25)24(11-17-9-8-16(21)10-22-17)19(20(23)26)15-6-4-14(3)5-7-15/h4-10,13,19H,11-12H2,1-3H3. The molecule has 1 fully saturated rings. The van der Waals surface area contributed by atoms with Crippen LogP contribution in [0.3, 0.4) is 0 Å². The minimum Gasteiger partial charge on any atom is -0.329 e. The second kappa shape index (κ2) is 7.46. The Labute approximate surface area is 158 Å². The quantitative estimate of drug-likeness (QED) is 0.828. The summed E-state index contributed by atoms with van der Waals surface area (Å²) >= 11 is 5.90. The van der Waals surface area contributed by atoms with Gasteiger partial charge in [0.15, 0.2) is 0 Å². The molecule has 0 radical (unpaired) electrons. The summed E-state index contributed by atoms with van der Waals surface area (Å²) < 4.78 is 0. The summed E-state index contributed by atoms with van der Waals surface area (Å²) in [6, 6.07) is 10.6. The second-order valence-electron chi connectivity index (χ2n) is 6.86. The van der Waals surface area contributed by atoms with E-state index in [9.17, 15) is 9.59 Å². The van der Waals surface area contributed by atoms with Gasteiger partial charge in [0.25, 0.3) is 5.91 Å². The van der Waals surface area contributed by atoms with Gasteiger partial charge in [0.1, 0.15) is 12.6 Å². The molecule has 1 aromatic carbocycles. The number of halogens is 1. The maximum absolute atomic E-state index is 13.1. The topological polar surface area (TPSA) is 53.5 Å². The number of amides is 2. The van der Waals surface area contributed by atoms with Crippen molar-refractivity contribution in [3.8, 4) is 0 Å². The molecule has 1 aliphatic rings. The molecular formula is C20H22ClN3O2. The van der Waals surface area contributed by atoms with Crippen LogP contribution in [0.2, 0.25) is 5.02 Å². The van der Waals surface area contributed by atoms with E-state index in [0.717, 1.165) is 11.1 Å². The molecule has 2 aromatic rings. The third-order valence-corrected chi connectivity index (χ3v) is 4.82. The van der Waals surface area contributed by atoms with Crippen molar-refractivity contribution in [3.63, 3.8) is 0 Å². The first-order valence-electron chi connectivity index (χ1n) is 8.63. The zero-order valence-electron chi connectivity index (χ0n) is 15.1. The number of hydrogen-bond donors (Lipinski definition) is 0. The van der Waals surface area contributed by atoms with Crippen LogP contribution in [0.5, 0.6) is 0 Å². The molecule has 1 aromatic heterocycles. The fourth-order valence-corrected chi connectivity index (χ4v) is 3.22. The highest BCUT2D eigenvalue weighted by Crippen LogP contribution is 2.30. The van der Waals surface area contributed by atoms with E-state index < -0.39 is 6.04 Å². The highest BCUT2D eigenvalue weighted by Gasteiger charge is 2.41. The molecule has 0 saturated carbocycles. The van der Waals surface area contributed by atoms with Crippen LogP contribution in [0.4, 0.5) is 0 Å². The molecule has 1 unspecified atom stereocenters. The molecule has 5 nitrogen and oxygen atoms in total. The first-order chi connectivity index (χ1) is 12.4. The molecule has 0 bridgehead atoms. The van der Waals surface area contributed by atoms with Gasteiger partial charge in [0, 0.05) is 12.2 Å². The minimum atomic E-state index is -0.642. The van der Waals surface area contributed by atoms with Gasteiger partial charge < -0.3 is 9.80 Å². The van der Waals surface area contributed by atoms with E-state index in [1.54, 1.807) is 28.1 Å². The smallest absolute Gasteiger partial charge is 0.250 e. The molecule has 6 heteroatoms. The van der Waals surface area contributed by atoms with Crippen molar-refractivity contribution in [3.05, 3.63) is 64.4 Å². The lowest BCUT2D eigenvalue weighted by atomic mass is 9.98. The summed E-state index contributed by atoms with van der Waals surface area (Å²) in [5.41, 5.74) is 2.62. The number of aryl methyl sites for hydroxylation is 1. The number of benzene rings is 1. The average molecular weight is 372 g/mol. The van der Waals surface area contributed by atoms with E-state index in [1.165, 1.54) is 0 Å². The molecule has 1 aliphatic heterocycles. The lowest BCUT2D eigenvalue weighted by molar-refractivity contribution is -0.158. The van der Waals surface area contributed by atoms with E-state index >= 15 is 0 Å². The van der Waals surface area contributed by atoms with Crippen molar-refractivity contribution in [2.45, 2.75) is 39.4 Å². The molecule has 1 atom stereocenters. The van der Waals surface area contributed by atoms with Crippen molar-refractivity contribution < 1.29 is 9.59 Å². The second-order valence-corrected chi connectivity index (χ2v) is 7.30. The van der Waals surface area contributed by atoms with E-state index in [-0.39, 0.29) is 30.9 Å². The van der Waals surface area contributed by atoms with Gasteiger partial charge >= 0.3 is 0 Å². The van der Waals surface area contributed by atoms with Crippen LogP contribution in [0.15, 0.2) is 42.6 Å². The molecule has 2 heterocycles. The molecule has 0 aliphatic carbocycles. The van der Waals surface area contributed by atoms with E-state index in [1.807, 2.05) is 45.0 Å². The maximum Gasteiger partial charge on any atom is 0.250 e. The summed E-state index contributed by atoms with van der Waals surface area (Å²) in [6.45, 7) is 6.20. The Balaban J connectivity index is 1.98. The van der Waals surface area contributed by atoms with Crippen LogP contribution in [0.1, 0.15) is 36.7 Å². The van der Waals surface area contributed by atoms with Gasteiger partial charge in [-0.05, 0) is 38.5 Å². The van der Waals surface area contributed by atoms with Crippen LogP contribution in [-0.2, 0) is 16.1 Å². The SMILES string of the molecule is Cc1ccc(C2C(=O)N(C(C)C)CC(=O)N2Cc2ccc(Cl)cn2)cc1. The Morgan fingerprint density at radius 1 is 1.15 bits per heavy atom. The van der Waals surface area contributed by atoms with Gasteiger partial charge in [0.05, 0.1) is 17.3 Å². The monoisotopic (exact) mass is 371 g/mol. The van der Waals surface area contributed by atoms with Gasteiger partial charge in [-0.3, -0.25) is 14.6 Å². The van der Waals surface area contributed by atoms with E-state index in [0.29, 0.717) is 10.7 Å². The van der Waals surface area contributed by atoms with Crippen molar-refractivity contribution >= 4 is 23.4 Å². The third-order valence-electron chi connectivity index (χ3n) is 4.59. The van der Waals surface area contributed by atoms with Crippen LogP contribution >= 0.6 is 11.6 Å². The molecule has 2 amide bonds. The normalized spacial score (nSPS) is 18.0. The number of pyridine rings is 1. The van der Waals surface area contributed by atoms with Gasteiger partial charge in [-0.2, -0.15) is 0 Å². The predicted octanol–water partition coefficient (Wildman–Crippen LogP) is 3.36. The van der Waals surface area contributed by atoms with E-state index in [4.69, 9.17) is 11.6 Å². The summed E-state index contributed by atoms with van der Waals surface area (Å²) in [5.74, 6) is -0.141. The Bertz CT molecular complexity index is 803. The molecule has 0 N–H and O–H groups in total. The van der Waals surface area contributed by atoms with Crippen LogP contribution in [0.25, 0.3) is 0 Å². The van der Waals surface area contributed by atoms with Crippen molar-refractivity contribution in [1.82, 2.24) is 14.8 Å².